The molecule has 0 bridgehead atoms. The van der Waals surface area contributed by atoms with Gasteiger partial charge in [0.1, 0.15) is 12.5 Å². The Hall–Kier alpha value is -0.440. The molecule has 0 saturated carbocycles. The molecule has 0 N–H and O–H groups in total. The fourth-order valence-corrected chi connectivity index (χ4v) is 1.15. The number of ketones is 1. The van der Waals surface area contributed by atoms with E-state index in [2.05, 4.69) is 0 Å². The lowest BCUT2D eigenvalue weighted by molar-refractivity contribution is -0.121. The van der Waals surface area contributed by atoms with Crippen LogP contribution in [-0.2, 0) is 4.79 Å². The van der Waals surface area contributed by atoms with Crippen LogP contribution in [0.1, 0.15) is 12.8 Å². The molecule has 0 aromatic heterocycles. The van der Waals surface area contributed by atoms with E-state index in [1.807, 2.05) is 4.90 Å². The predicted molar refractivity (Wildman–Crippen MR) is 36.7 cm³/mol. The molecule has 0 radical (unpaired) electrons. The maximum absolute atomic E-state index is 11.7. The highest BCUT2D eigenvalue weighted by molar-refractivity contribution is 5.79. The van der Waals surface area contributed by atoms with Crippen LogP contribution in [0.3, 0.4) is 0 Å². The number of Topliss-reactive ketones (excluding diaryl/α,β-unsaturated/α-hetero) is 1. The van der Waals surface area contributed by atoms with E-state index >= 15 is 0 Å². The highest BCUT2D eigenvalue weighted by Crippen LogP contribution is 2.04. The molecule has 1 aliphatic heterocycles. The first-order valence-corrected chi connectivity index (χ1v) is 3.63. The van der Waals surface area contributed by atoms with Crippen molar-refractivity contribution in [3.05, 3.63) is 0 Å². The fourth-order valence-electron chi connectivity index (χ4n) is 1.15. The van der Waals surface area contributed by atoms with Crippen LogP contribution in [0.4, 0.5) is 4.39 Å². The van der Waals surface area contributed by atoms with E-state index in [1.54, 1.807) is 0 Å². The minimum atomic E-state index is -0.297. The minimum absolute atomic E-state index is 0.297. The molecular weight excluding hydrogens is 133 g/mol. The van der Waals surface area contributed by atoms with Crippen LogP contribution >= 0.6 is 0 Å². The standard InChI is InChI=1S/C7H12FNO/c8-3-6-9-4-1-7(10)2-5-9/h1-6H2. The zero-order valence-electron chi connectivity index (χ0n) is 5.98. The van der Waals surface area contributed by atoms with Gasteiger partial charge in [-0.2, -0.15) is 0 Å². The van der Waals surface area contributed by atoms with Crippen molar-refractivity contribution in [2.24, 2.45) is 0 Å². The van der Waals surface area contributed by atoms with Crippen molar-refractivity contribution in [2.45, 2.75) is 12.8 Å². The second-order valence-electron chi connectivity index (χ2n) is 2.57. The highest BCUT2D eigenvalue weighted by atomic mass is 19.1. The van der Waals surface area contributed by atoms with Crippen LogP contribution in [0, 0.1) is 0 Å². The Bertz CT molecular complexity index is 117. The van der Waals surface area contributed by atoms with E-state index in [-0.39, 0.29) is 6.67 Å². The Morgan fingerprint density at radius 3 is 2.50 bits per heavy atom. The first-order chi connectivity index (χ1) is 4.83. The molecule has 58 valence electrons. The Morgan fingerprint density at radius 1 is 1.40 bits per heavy atom. The van der Waals surface area contributed by atoms with Gasteiger partial charge in [-0.1, -0.05) is 0 Å². The molecule has 0 aromatic rings. The summed E-state index contributed by atoms with van der Waals surface area (Å²) >= 11 is 0. The Morgan fingerprint density at radius 2 is 2.00 bits per heavy atom. The zero-order chi connectivity index (χ0) is 7.40. The molecule has 0 aliphatic carbocycles. The monoisotopic (exact) mass is 145 g/mol. The Labute approximate surface area is 60.0 Å². The highest BCUT2D eigenvalue weighted by Gasteiger charge is 2.14. The number of carbonyl (C=O) groups is 1. The summed E-state index contributed by atoms with van der Waals surface area (Å²) in [6.07, 6.45) is 1.22. The van der Waals surface area contributed by atoms with Crippen LogP contribution in [0.5, 0.6) is 0 Å². The number of alkyl halides is 1. The van der Waals surface area contributed by atoms with Crippen molar-refractivity contribution < 1.29 is 9.18 Å². The van der Waals surface area contributed by atoms with Gasteiger partial charge in [0.05, 0.1) is 0 Å². The van der Waals surface area contributed by atoms with Gasteiger partial charge in [-0.15, -0.1) is 0 Å². The number of halogens is 1. The summed E-state index contributed by atoms with van der Waals surface area (Å²) in [6, 6.07) is 0. The lowest BCUT2D eigenvalue weighted by Gasteiger charge is -2.23. The van der Waals surface area contributed by atoms with Gasteiger partial charge >= 0.3 is 0 Å². The number of likely N-dealkylation sites (tertiary alicyclic amines) is 1. The number of carbonyl (C=O) groups excluding carboxylic acids is 1. The summed E-state index contributed by atoms with van der Waals surface area (Å²) < 4.78 is 11.7. The smallest absolute Gasteiger partial charge is 0.135 e. The maximum Gasteiger partial charge on any atom is 0.135 e. The predicted octanol–water partition coefficient (Wildman–Crippen LogP) is 0.621. The summed E-state index contributed by atoms with van der Waals surface area (Å²) in [5.41, 5.74) is 0. The molecule has 10 heavy (non-hydrogen) atoms. The van der Waals surface area contributed by atoms with Gasteiger partial charge in [0.25, 0.3) is 0 Å². The first-order valence-electron chi connectivity index (χ1n) is 3.63. The van der Waals surface area contributed by atoms with E-state index in [0.29, 0.717) is 25.2 Å². The van der Waals surface area contributed by atoms with Crippen molar-refractivity contribution in [3.63, 3.8) is 0 Å². The number of hydrogen-bond acceptors (Lipinski definition) is 2. The van der Waals surface area contributed by atoms with Crippen LogP contribution in [0.2, 0.25) is 0 Å². The number of nitrogens with zero attached hydrogens (tertiary/aromatic N) is 1. The largest absolute Gasteiger partial charge is 0.300 e. The third kappa shape index (κ3) is 2.06. The average Bonchev–Trinajstić information content (AvgIpc) is 1.95. The summed E-state index contributed by atoms with van der Waals surface area (Å²) in [7, 11) is 0. The zero-order valence-corrected chi connectivity index (χ0v) is 5.98. The van der Waals surface area contributed by atoms with Crippen LogP contribution < -0.4 is 0 Å². The molecule has 1 heterocycles. The molecule has 0 spiro atoms. The molecule has 1 saturated heterocycles. The van der Waals surface area contributed by atoms with E-state index in [9.17, 15) is 9.18 Å². The number of rotatable bonds is 2. The second-order valence-corrected chi connectivity index (χ2v) is 2.57. The lowest BCUT2D eigenvalue weighted by Crippen LogP contribution is -2.35. The molecular formula is C7H12FNO. The molecule has 0 unspecified atom stereocenters. The summed E-state index contributed by atoms with van der Waals surface area (Å²) in [5, 5.41) is 0. The van der Waals surface area contributed by atoms with Crippen molar-refractivity contribution in [2.75, 3.05) is 26.3 Å². The van der Waals surface area contributed by atoms with Crippen molar-refractivity contribution in [1.29, 1.82) is 0 Å². The SMILES string of the molecule is O=C1CCN(CCF)CC1. The fraction of sp³-hybridized carbons (Fsp3) is 0.857. The van der Waals surface area contributed by atoms with Crippen LogP contribution in [-0.4, -0.2) is 37.0 Å². The maximum atomic E-state index is 11.7. The Balaban J connectivity index is 2.19. The number of hydrogen-bond donors (Lipinski definition) is 0. The molecule has 1 rings (SSSR count). The van der Waals surface area contributed by atoms with E-state index in [1.165, 1.54) is 0 Å². The molecule has 2 nitrogen and oxygen atoms in total. The van der Waals surface area contributed by atoms with Gasteiger partial charge in [0.15, 0.2) is 0 Å². The van der Waals surface area contributed by atoms with E-state index < -0.39 is 0 Å². The second kappa shape index (κ2) is 3.66. The van der Waals surface area contributed by atoms with Crippen molar-refractivity contribution in [3.8, 4) is 0 Å². The lowest BCUT2D eigenvalue weighted by atomic mass is 10.1. The van der Waals surface area contributed by atoms with Gasteiger partial charge in [0, 0.05) is 32.5 Å². The van der Waals surface area contributed by atoms with Crippen LogP contribution in [0.25, 0.3) is 0 Å². The summed E-state index contributed by atoms with van der Waals surface area (Å²) in [6.45, 7) is 1.70. The topological polar surface area (TPSA) is 20.3 Å². The van der Waals surface area contributed by atoms with Gasteiger partial charge in [-0.3, -0.25) is 9.69 Å². The van der Waals surface area contributed by atoms with Gasteiger partial charge in [-0.25, -0.2) is 4.39 Å². The van der Waals surface area contributed by atoms with Crippen LogP contribution in [0.15, 0.2) is 0 Å². The van der Waals surface area contributed by atoms with Gasteiger partial charge < -0.3 is 0 Å². The summed E-state index contributed by atoms with van der Waals surface area (Å²) in [4.78, 5) is 12.7. The van der Waals surface area contributed by atoms with Gasteiger partial charge in [0.2, 0.25) is 0 Å². The molecule has 0 aromatic carbocycles. The molecule has 0 atom stereocenters. The summed E-state index contributed by atoms with van der Waals surface area (Å²) in [5.74, 6) is 0.315. The van der Waals surface area contributed by atoms with Crippen molar-refractivity contribution in [1.82, 2.24) is 4.90 Å². The van der Waals surface area contributed by atoms with E-state index in [4.69, 9.17) is 0 Å². The molecule has 1 aliphatic rings. The van der Waals surface area contributed by atoms with E-state index in [0.717, 1.165) is 13.1 Å². The van der Waals surface area contributed by atoms with Gasteiger partial charge in [-0.05, 0) is 0 Å². The quantitative estimate of drug-likeness (QED) is 0.567. The normalized spacial score (nSPS) is 21.5. The number of piperidine rings is 1. The molecule has 3 heteroatoms. The average molecular weight is 145 g/mol. The van der Waals surface area contributed by atoms with Crippen molar-refractivity contribution >= 4 is 5.78 Å². The molecule has 1 fully saturated rings. The third-order valence-corrected chi connectivity index (χ3v) is 1.81. The molecule has 0 amide bonds. The third-order valence-electron chi connectivity index (χ3n) is 1.81. The Kier molecular flexibility index (Phi) is 2.81. The minimum Gasteiger partial charge on any atom is -0.300 e. The first kappa shape index (κ1) is 7.66.